The third-order valence-corrected chi connectivity index (χ3v) is 7.23. The van der Waals surface area contributed by atoms with Gasteiger partial charge in [0.15, 0.2) is 6.10 Å². The quantitative estimate of drug-likeness (QED) is 0.0773. The summed E-state index contributed by atoms with van der Waals surface area (Å²) < 4.78 is 33.7. The summed E-state index contributed by atoms with van der Waals surface area (Å²) in [6, 6.07) is -1.23. The SMILES string of the molecule is CCCCC/C=C\C/C=C\CCCCCCCCCC(=N)CC1C=CN([C@@H]2O[C@H](CO)[C@@H](O)C2(F)F)C(=O)N1. The number of rotatable bonds is 20. The summed E-state index contributed by atoms with van der Waals surface area (Å²) in [4.78, 5) is 13.1. The fraction of sp³-hybridized carbons (Fsp3) is 0.733. The molecule has 9 heteroatoms. The summed E-state index contributed by atoms with van der Waals surface area (Å²) in [7, 11) is 0. The van der Waals surface area contributed by atoms with Crippen molar-refractivity contribution in [3.8, 4) is 0 Å². The molecule has 222 valence electrons. The van der Waals surface area contributed by atoms with Gasteiger partial charge >= 0.3 is 12.0 Å². The molecule has 2 heterocycles. The lowest BCUT2D eigenvalue weighted by Crippen LogP contribution is -2.55. The first-order chi connectivity index (χ1) is 18.8. The highest BCUT2D eigenvalue weighted by Gasteiger charge is 2.61. The Morgan fingerprint density at radius 3 is 2.26 bits per heavy atom. The maximum atomic E-state index is 14.3. The number of halogens is 2. The van der Waals surface area contributed by atoms with Crippen molar-refractivity contribution in [2.75, 3.05) is 6.61 Å². The predicted molar refractivity (Wildman–Crippen MR) is 151 cm³/mol. The molecule has 2 rings (SSSR count). The number of hydrogen-bond acceptors (Lipinski definition) is 5. The van der Waals surface area contributed by atoms with Crippen LogP contribution in [0.1, 0.15) is 103 Å². The lowest BCUT2D eigenvalue weighted by molar-refractivity contribution is -0.145. The molecule has 2 aliphatic rings. The van der Waals surface area contributed by atoms with Crippen LogP contribution in [0.5, 0.6) is 0 Å². The van der Waals surface area contributed by atoms with Gasteiger partial charge in [0.1, 0.15) is 6.10 Å². The molecular weight excluding hydrogens is 504 g/mol. The minimum Gasteiger partial charge on any atom is -0.394 e. The smallest absolute Gasteiger partial charge is 0.324 e. The maximum absolute atomic E-state index is 14.3. The second kappa shape index (κ2) is 18.3. The van der Waals surface area contributed by atoms with E-state index in [0.717, 1.165) is 32.1 Å². The van der Waals surface area contributed by atoms with Gasteiger partial charge in [0.25, 0.3) is 0 Å². The molecule has 2 amide bonds. The molecular formula is C30H49F2N3O4. The molecule has 1 fully saturated rings. The number of hydrogen-bond donors (Lipinski definition) is 4. The van der Waals surface area contributed by atoms with Crippen LogP contribution >= 0.6 is 0 Å². The van der Waals surface area contributed by atoms with Gasteiger partial charge in [-0.3, -0.25) is 4.90 Å². The van der Waals surface area contributed by atoms with Crippen LogP contribution in [0.25, 0.3) is 0 Å². The average Bonchev–Trinajstić information content (AvgIpc) is 3.14. The highest BCUT2D eigenvalue weighted by atomic mass is 19.3. The monoisotopic (exact) mass is 553 g/mol. The number of amides is 2. The molecule has 1 saturated heterocycles. The first kappa shape index (κ1) is 33.1. The first-order valence-corrected chi connectivity index (χ1v) is 14.8. The minimum atomic E-state index is -3.71. The van der Waals surface area contributed by atoms with Crippen LogP contribution in [0.3, 0.4) is 0 Å². The summed E-state index contributed by atoms with van der Waals surface area (Å²) in [6.45, 7) is 1.45. The molecule has 4 atom stereocenters. The van der Waals surface area contributed by atoms with Gasteiger partial charge in [-0.2, -0.15) is 8.78 Å². The van der Waals surface area contributed by atoms with Crippen molar-refractivity contribution in [1.29, 1.82) is 5.41 Å². The van der Waals surface area contributed by atoms with Crippen molar-refractivity contribution in [3.63, 3.8) is 0 Å². The lowest BCUT2D eigenvalue weighted by atomic mass is 10.0. The van der Waals surface area contributed by atoms with E-state index < -0.39 is 43.0 Å². The Balaban J connectivity index is 1.50. The fourth-order valence-corrected chi connectivity index (χ4v) is 4.84. The van der Waals surface area contributed by atoms with Crippen LogP contribution in [0.2, 0.25) is 0 Å². The zero-order chi connectivity index (χ0) is 28.5. The molecule has 4 N–H and O–H groups in total. The Morgan fingerprint density at radius 2 is 1.67 bits per heavy atom. The van der Waals surface area contributed by atoms with E-state index in [1.807, 2.05) is 0 Å². The summed E-state index contributed by atoms with van der Waals surface area (Å²) in [6.07, 6.45) is 22.5. The third-order valence-electron chi connectivity index (χ3n) is 7.23. The second-order valence-electron chi connectivity index (χ2n) is 10.6. The van der Waals surface area contributed by atoms with Gasteiger partial charge in [-0.25, -0.2) is 4.79 Å². The van der Waals surface area contributed by atoms with E-state index in [-0.39, 0.29) is 0 Å². The van der Waals surface area contributed by atoms with Crippen LogP contribution in [0.15, 0.2) is 36.6 Å². The second-order valence-corrected chi connectivity index (χ2v) is 10.6. The number of aliphatic hydroxyl groups is 2. The van der Waals surface area contributed by atoms with Crippen LogP contribution in [0, 0.1) is 5.41 Å². The Kier molecular flexibility index (Phi) is 15.5. The Hall–Kier alpha value is -2.10. The van der Waals surface area contributed by atoms with Crippen molar-refractivity contribution >= 4 is 11.7 Å². The molecule has 0 radical (unpaired) electrons. The molecule has 0 aromatic heterocycles. The van der Waals surface area contributed by atoms with Crippen LogP contribution in [-0.2, 0) is 4.74 Å². The Morgan fingerprint density at radius 1 is 1.05 bits per heavy atom. The zero-order valence-corrected chi connectivity index (χ0v) is 23.5. The van der Waals surface area contributed by atoms with Crippen molar-refractivity contribution in [2.24, 2.45) is 0 Å². The number of nitrogens with zero attached hydrogens (tertiary/aromatic N) is 1. The number of urea groups is 1. The highest BCUT2D eigenvalue weighted by Crippen LogP contribution is 2.38. The van der Waals surface area contributed by atoms with Crippen molar-refractivity contribution in [2.45, 2.75) is 134 Å². The Bertz CT molecular complexity index is 818. The molecule has 7 nitrogen and oxygen atoms in total. The number of aliphatic hydroxyl groups excluding tert-OH is 2. The Labute approximate surface area is 232 Å². The van der Waals surface area contributed by atoms with Gasteiger partial charge in [-0.1, -0.05) is 76.2 Å². The largest absolute Gasteiger partial charge is 0.394 e. The number of nitrogens with one attached hydrogen (secondary N) is 2. The van der Waals surface area contributed by atoms with E-state index in [1.54, 1.807) is 6.08 Å². The highest BCUT2D eigenvalue weighted by molar-refractivity contribution is 5.84. The number of ether oxygens (including phenoxy) is 1. The molecule has 0 aromatic carbocycles. The average molecular weight is 554 g/mol. The predicted octanol–water partition coefficient (Wildman–Crippen LogP) is 6.61. The number of carbonyl (C=O) groups is 1. The van der Waals surface area contributed by atoms with Crippen molar-refractivity contribution in [1.82, 2.24) is 10.2 Å². The van der Waals surface area contributed by atoms with Gasteiger partial charge in [0.2, 0.25) is 6.23 Å². The molecule has 1 unspecified atom stereocenters. The van der Waals surface area contributed by atoms with Crippen molar-refractivity contribution in [3.05, 3.63) is 36.6 Å². The molecule has 0 saturated carbocycles. The van der Waals surface area contributed by atoms with Crippen LogP contribution in [-0.4, -0.2) is 63.9 Å². The molecule has 2 aliphatic heterocycles. The summed E-state index contributed by atoms with van der Waals surface area (Å²) in [5, 5.41) is 29.6. The number of carbonyl (C=O) groups excluding carboxylic acids is 1. The zero-order valence-electron chi connectivity index (χ0n) is 23.5. The van der Waals surface area contributed by atoms with E-state index in [1.165, 1.54) is 57.6 Å². The topological polar surface area (TPSA) is 106 Å². The number of allylic oxidation sites excluding steroid dienone is 4. The maximum Gasteiger partial charge on any atom is 0.324 e. The van der Waals surface area contributed by atoms with Gasteiger partial charge in [-0.05, 0) is 51.0 Å². The van der Waals surface area contributed by atoms with Crippen LogP contribution < -0.4 is 5.32 Å². The fourth-order valence-electron chi connectivity index (χ4n) is 4.84. The molecule has 0 bridgehead atoms. The van der Waals surface area contributed by atoms with Crippen molar-refractivity contribution < 1.29 is 28.5 Å². The van der Waals surface area contributed by atoms with E-state index in [2.05, 4.69) is 36.5 Å². The van der Waals surface area contributed by atoms with E-state index in [9.17, 15) is 18.7 Å². The summed E-state index contributed by atoms with van der Waals surface area (Å²) >= 11 is 0. The van der Waals surface area contributed by atoms with E-state index in [4.69, 9.17) is 15.3 Å². The number of alkyl halides is 2. The molecule has 0 spiro atoms. The number of unbranched alkanes of at least 4 members (excludes halogenated alkanes) is 10. The molecule has 0 aromatic rings. The van der Waals surface area contributed by atoms with Gasteiger partial charge in [0, 0.05) is 18.3 Å². The van der Waals surface area contributed by atoms with E-state index >= 15 is 0 Å². The summed E-state index contributed by atoms with van der Waals surface area (Å²) in [5.74, 6) is -3.71. The third kappa shape index (κ3) is 11.5. The summed E-state index contributed by atoms with van der Waals surface area (Å²) in [5.41, 5.74) is 0.513. The van der Waals surface area contributed by atoms with E-state index in [0.29, 0.717) is 23.5 Å². The van der Waals surface area contributed by atoms with Gasteiger partial charge in [0.05, 0.1) is 12.6 Å². The van der Waals surface area contributed by atoms with Gasteiger partial charge in [-0.15, -0.1) is 0 Å². The normalized spacial score (nSPS) is 24.7. The first-order valence-electron chi connectivity index (χ1n) is 14.8. The van der Waals surface area contributed by atoms with Gasteiger partial charge < -0.3 is 25.7 Å². The standard InChI is InChI=1S/C30H49F2N3O4/c1-2-3-4-5-6-7-8-9-10-11-12-13-14-15-16-17-18-19-24(33)22-25-20-21-35(29(38)34-25)28-30(31,32)27(37)26(23-36)39-28/h6-7,9-10,20-21,25-28,33,36-37H,2-5,8,11-19,22-23H2,1H3,(H,34,38)/b7-6-,10-9-,33-24?/t25?,26-,27-,28-/m1/s1. The minimum absolute atomic E-state index is 0.321. The lowest BCUT2D eigenvalue weighted by Gasteiger charge is -2.33. The molecule has 39 heavy (non-hydrogen) atoms. The van der Waals surface area contributed by atoms with Crippen LogP contribution in [0.4, 0.5) is 13.6 Å². The molecule has 0 aliphatic carbocycles.